The van der Waals surface area contributed by atoms with Crippen LogP contribution >= 0.6 is 0 Å². The molecule has 1 unspecified atom stereocenters. The van der Waals surface area contributed by atoms with Gasteiger partial charge in [0.05, 0.1) is 0 Å². The minimum Gasteiger partial charge on any atom is -0.0654 e. The van der Waals surface area contributed by atoms with Crippen LogP contribution in [-0.2, 0) is 0 Å². The summed E-state index contributed by atoms with van der Waals surface area (Å²) >= 11 is 0. The van der Waals surface area contributed by atoms with Crippen molar-refractivity contribution in [3.05, 3.63) is 6.92 Å². The highest BCUT2D eigenvalue weighted by molar-refractivity contribution is 5.01. The first kappa shape index (κ1) is 8.59. The van der Waals surface area contributed by atoms with E-state index in [4.69, 9.17) is 0 Å². The van der Waals surface area contributed by atoms with E-state index in [1.54, 1.807) is 0 Å². The van der Waals surface area contributed by atoms with Gasteiger partial charge in [-0.2, -0.15) is 0 Å². The van der Waals surface area contributed by atoms with E-state index in [0.717, 1.165) is 11.8 Å². The SMILES string of the molecule is [CH2]C(CCC)(C1CCC1)C1CC1. The molecule has 0 heterocycles. The van der Waals surface area contributed by atoms with Crippen LogP contribution in [-0.4, -0.2) is 0 Å². The summed E-state index contributed by atoms with van der Waals surface area (Å²) in [5.41, 5.74) is 0.507. The lowest BCUT2D eigenvalue weighted by Crippen LogP contribution is -2.34. The highest BCUT2D eigenvalue weighted by Crippen LogP contribution is 2.57. The second kappa shape index (κ2) is 3.05. The molecule has 0 aromatic carbocycles. The lowest BCUT2D eigenvalue weighted by molar-refractivity contribution is 0.0937. The van der Waals surface area contributed by atoms with Crippen LogP contribution in [0.15, 0.2) is 0 Å². The Bertz CT molecular complexity index is 153. The predicted molar refractivity (Wildman–Crippen MR) is 52.8 cm³/mol. The van der Waals surface area contributed by atoms with E-state index in [0.29, 0.717) is 5.41 Å². The molecule has 0 aromatic rings. The minimum absolute atomic E-state index is 0.507. The molecular weight excluding hydrogens is 144 g/mol. The third kappa shape index (κ3) is 1.30. The maximum atomic E-state index is 4.54. The van der Waals surface area contributed by atoms with Gasteiger partial charge in [0.1, 0.15) is 0 Å². The Morgan fingerprint density at radius 3 is 2.08 bits per heavy atom. The lowest BCUT2D eigenvalue weighted by Gasteiger charge is -2.43. The molecule has 0 bridgehead atoms. The van der Waals surface area contributed by atoms with Crippen LogP contribution in [0.5, 0.6) is 0 Å². The first-order chi connectivity index (χ1) is 5.77. The molecular formula is C12H21. The number of rotatable bonds is 4. The third-order valence-electron chi connectivity index (χ3n) is 4.02. The minimum atomic E-state index is 0.507. The molecule has 0 spiro atoms. The van der Waals surface area contributed by atoms with Crippen LogP contribution in [0, 0.1) is 24.2 Å². The summed E-state index contributed by atoms with van der Waals surface area (Å²) in [7, 11) is 0. The molecule has 2 aliphatic rings. The molecule has 12 heavy (non-hydrogen) atoms. The van der Waals surface area contributed by atoms with E-state index in [1.165, 1.54) is 44.9 Å². The van der Waals surface area contributed by atoms with Crippen LogP contribution in [0.2, 0.25) is 0 Å². The van der Waals surface area contributed by atoms with Crippen molar-refractivity contribution in [1.82, 2.24) is 0 Å². The second-order valence-corrected chi connectivity index (χ2v) is 4.89. The molecule has 2 rings (SSSR count). The van der Waals surface area contributed by atoms with Crippen molar-refractivity contribution in [1.29, 1.82) is 0 Å². The molecule has 1 atom stereocenters. The molecule has 2 fully saturated rings. The van der Waals surface area contributed by atoms with Crippen molar-refractivity contribution in [3.63, 3.8) is 0 Å². The van der Waals surface area contributed by atoms with Gasteiger partial charge in [-0.25, -0.2) is 0 Å². The van der Waals surface area contributed by atoms with Crippen molar-refractivity contribution < 1.29 is 0 Å². The Hall–Kier alpha value is 0. The summed E-state index contributed by atoms with van der Waals surface area (Å²) in [6.45, 7) is 6.85. The van der Waals surface area contributed by atoms with Crippen LogP contribution in [0.4, 0.5) is 0 Å². The zero-order chi connectivity index (χ0) is 8.60. The standard InChI is InChI=1S/C12H21/c1-3-9-12(2,11-7-8-11)10-5-4-6-10/h10-11H,2-9H2,1H3. The van der Waals surface area contributed by atoms with Crippen molar-refractivity contribution in [2.45, 2.75) is 51.9 Å². The zero-order valence-corrected chi connectivity index (χ0v) is 8.31. The van der Waals surface area contributed by atoms with Crippen LogP contribution < -0.4 is 0 Å². The van der Waals surface area contributed by atoms with Gasteiger partial charge in [0.15, 0.2) is 0 Å². The quantitative estimate of drug-likeness (QED) is 0.594. The van der Waals surface area contributed by atoms with Gasteiger partial charge in [-0.1, -0.05) is 19.8 Å². The summed E-state index contributed by atoms with van der Waals surface area (Å²) in [5, 5.41) is 0. The second-order valence-electron chi connectivity index (χ2n) is 4.89. The van der Waals surface area contributed by atoms with Gasteiger partial charge in [-0.15, -0.1) is 0 Å². The zero-order valence-electron chi connectivity index (χ0n) is 8.31. The van der Waals surface area contributed by atoms with E-state index < -0.39 is 0 Å². The summed E-state index contributed by atoms with van der Waals surface area (Å²) in [5.74, 6) is 1.99. The van der Waals surface area contributed by atoms with Crippen LogP contribution in [0.3, 0.4) is 0 Å². The molecule has 0 heteroatoms. The normalized spacial score (nSPS) is 29.5. The molecule has 1 radical (unpaired) electrons. The van der Waals surface area contributed by atoms with Gasteiger partial charge in [0, 0.05) is 0 Å². The highest BCUT2D eigenvalue weighted by Gasteiger charge is 2.47. The smallest absolute Gasteiger partial charge is 0.0241 e. The predicted octanol–water partition coefficient (Wildman–Crippen LogP) is 3.82. The maximum Gasteiger partial charge on any atom is -0.0241 e. The Kier molecular flexibility index (Phi) is 2.18. The average Bonchev–Trinajstić information content (AvgIpc) is 2.62. The largest absolute Gasteiger partial charge is 0.0654 e. The average molecular weight is 165 g/mol. The Balaban J connectivity index is 1.98. The van der Waals surface area contributed by atoms with E-state index in [2.05, 4.69) is 13.8 Å². The molecule has 2 saturated carbocycles. The van der Waals surface area contributed by atoms with Crippen LogP contribution in [0.1, 0.15) is 51.9 Å². The van der Waals surface area contributed by atoms with Gasteiger partial charge in [0.25, 0.3) is 0 Å². The molecule has 0 amide bonds. The van der Waals surface area contributed by atoms with E-state index >= 15 is 0 Å². The molecule has 69 valence electrons. The Morgan fingerprint density at radius 2 is 1.75 bits per heavy atom. The molecule has 2 aliphatic carbocycles. The maximum absolute atomic E-state index is 4.54. The first-order valence-electron chi connectivity index (χ1n) is 5.62. The lowest BCUT2D eigenvalue weighted by atomic mass is 9.62. The van der Waals surface area contributed by atoms with Crippen molar-refractivity contribution >= 4 is 0 Å². The number of hydrogen-bond donors (Lipinski definition) is 0. The fraction of sp³-hybridized carbons (Fsp3) is 0.917. The van der Waals surface area contributed by atoms with Gasteiger partial charge < -0.3 is 0 Å². The first-order valence-corrected chi connectivity index (χ1v) is 5.62. The van der Waals surface area contributed by atoms with Crippen molar-refractivity contribution in [2.24, 2.45) is 17.3 Å². The third-order valence-corrected chi connectivity index (χ3v) is 4.02. The molecule has 0 saturated heterocycles. The van der Waals surface area contributed by atoms with Gasteiger partial charge >= 0.3 is 0 Å². The topological polar surface area (TPSA) is 0 Å². The Labute approximate surface area is 76.7 Å². The summed E-state index contributed by atoms with van der Waals surface area (Å²) in [4.78, 5) is 0. The number of hydrogen-bond acceptors (Lipinski definition) is 0. The molecule has 0 N–H and O–H groups in total. The molecule has 0 aromatic heterocycles. The summed E-state index contributed by atoms with van der Waals surface area (Å²) in [6.07, 6.45) is 10.1. The van der Waals surface area contributed by atoms with Gasteiger partial charge in [-0.3, -0.25) is 0 Å². The van der Waals surface area contributed by atoms with Gasteiger partial charge in [-0.05, 0) is 56.3 Å². The van der Waals surface area contributed by atoms with E-state index in [1.807, 2.05) is 0 Å². The fourth-order valence-corrected chi connectivity index (χ4v) is 2.85. The molecule has 0 nitrogen and oxygen atoms in total. The van der Waals surface area contributed by atoms with E-state index in [-0.39, 0.29) is 0 Å². The molecule has 0 aliphatic heterocycles. The summed E-state index contributed by atoms with van der Waals surface area (Å²) < 4.78 is 0. The fourth-order valence-electron chi connectivity index (χ4n) is 2.85. The highest BCUT2D eigenvalue weighted by atomic mass is 14.5. The van der Waals surface area contributed by atoms with Crippen LogP contribution in [0.25, 0.3) is 0 Å². The van der Waals surface area contributed by atoms with Crippen molar-refractivity contribution in [2.75, 3.05) is 0 Å². The van der Waals surface area contributed by atoms with Gasteiger partial charge in [0.2, 0.25) is 0 Å². The van der Waals surface area contributed by atoms with Crippen molar-refractivity contribution in [3.8, 4) is 0 Å². The van der Waals surface area contributed by atoms with E-state index in [9.17, 15) is 0 Å². The Morgan fingerprint density at radius 1 is 1.17 bits per heavy atom. The summed E-state index contributed by atoms with van der Waals surface area (Å²) in [6, 6.07) is 0. The monoisotopic (exact) mass is 165 g/mol.